The molecule has 31 heavy (non-hydrogen) atoms. The number of carbonyl (C=O) groups excluding carboxylic acids is 1. The summed E-state index contributed by atoms with van der Waals surface area (Å²) in [5.74, 6) is -0.595. The molecule has 0 saturated carbocycles. The Bertz CT molecular complexity index is 1250. The van der Waals surface area contributed by atoms with Crippen molar-refractivity contribution in [2.45, 2.75) is 19.8 Å². The standard InChI is InChI=1S/C19H16F3N7O2/c1-11-15(12-6-7-29-16(8-12)25-18(23)27-29)9-28(26-11)10-17(30)24-13-2-4-14(5-3-13)31-19(20,21)22/h2-9H,10H2,1H3,(H2,23,27)(H,24,30). The molecular formula is C19H16F3N7O2. The second-order valence-electron chi connectivity index (χ2n) is 6.63. The Kier molecular flexibility index (Phi) is 4.97. The van der Waals surface area contributed by atoms with Gasteiger partial charge in [0.25, 0.3) is 0 Å². The molecule has 3 N–H and O–H groups in total. The fourth-order valence-corrected chi connectivity index (χ4v) is 3.04. The molecule has 1 amide bonds. The van der Waals surface area contributed by atoms with E-state index in [0.717, 1.165) is 23.3 Å². The van der Waals surface area contributed by atoms with Gasteiger partial charge in [-0.3, -0.25) is 9.48 Å². The molecule has 4 rings (SSSR count). The lowest BCUT2D eigenvalue weighted by molar-refractivity contribution is -0.274. The van der Waals surface area contributed by atoms with Gasteiger partial charge >= 0.3 is 6.36 Å². The molecule has 0 aliphatic carbocycles. The van der Waals surface area contributed by atoms with Crippen LogP contribution in [0.2, 0.25) is 0 Å². The number of fused-ring (bicyclic) bond motifs is 1. The number of ether oxygens (including phenoxy) is 1. The molecule has 0 fully saturated rings. The summed E-state index contributed by atoms with van der Waals surface area (Å²) in [6, 6.07) is 8.51. The van der Waals surface area contributed by atoms with Gasteiger partial charge in [0.05, 0.1) is 5.69 Å². The lowest BCUT2D eigenvalue weighted by Crippen LogP contribution is -2.19. The number of nitrogens with two attached hydrogens (primary N) is 1. The van der Waals surface area contributed by atoms with E-state index in [9.17, 15) is 18.0 Å². The van der Waals surface area contributed by atoms with Crippen LogP contribution in [0.25, 0.3) is 16.8 Å². The number of hydrogen-bond acceptors (Lipinski definition) is 6. The van der Waals surface area contributed by atoms with Gasteiger partial charge in [0, 0.05) is 23.6 Å². The molecule has 4 aromatic rings. The first-order valence-corrected chi connectivity index (χ1v) is 8.98. The zero-order valence-electron chi connectivity index (χ0n) is 16.1. The summed E-state index contributed by atoms with van der Waals surface area (Å²) in [5, 5.41) is 11.0. The number of carbonyl (C=O) groups is 1. The number of halogens is 3. The maximum atomic E-state index is 12.3. The number of nitrogens with one attached hydrogen (secondary N) is 1. The van der Waals surface area contributed by atoms with Crippen LogP contribution in [0.15, 0.2) is 48.8 Å². The van der Waals surface area contributed by atoms with E-state index in [4.69, 9.17) is 5.73 Å². The topological polar surface area (TPSA) is 112 Å². The number of aryl methyl sites for hydroxylation is 1. The summed E-state index contributed by atoms with van der Waals surface area (Å²) < 4.78 is 43.5. The van der Waals surface area contributed by atoms with Crippen molar-refractivity contribution in [3.8, 4) is 16.9 Å². The predicted molar refractivity (Wildman–Crippen MR) is 105 cm³/mol. The van der Waals surface area contributed by atoms with Crippen LogP contribution in [-0.4, -0.2) is 36.6 Å². The zero-order valence-corrected chi connectivity index (χ0v) is 16.1. The fourth-order valence-electron chi connectivity index (χ4n) is 3.04. The number of nitrogen functional groups attached to an aromatic ring is 1. The third-order valence-corrected chi connectivity index (χ3v) is 4.29. The highest BCUT2D eigenvalue weighted by atomic mass is 19.4. The largest absolute Gasteiger partial charge is 0.573 e. The van der Waals surface area contributed by atoms with Crippen LogP contribution in [0.5, 0.6) is 5.75 Å². The number of pyridine rings is 1. The highest BCUT2D eigenvalue weighted by molar-refractivity contribution is 5.90. The minimum absolute atomic E-state index is 0.0816. The summed E-state index contributed by atoms with van der Waals surface area (Å²) in [6.07, 6.45) is -1.32. The van der Waals surface area contributed by atoms with E-state index >= 15 is 0 Å². The maximum Gasteiger partial charge on any atom is 0.573 e. The molecular weight excluding hydrogens is 415 g/mol. The number of benzene rings is 1. The number of anilines is 2. The van der Waals surface area contributed by atoms with Gasteiger partial charge in [0.15, 0.2) is 5.65 Å². The molecule has 0 atom stereocenters. The van der Waals surface area contributed by atoms with Crippen LogP contribution < -0.4 is 15.8 Å². The average Bonchev–Trinajstić information content (AvgIpc) is 3.22. The lowest BCUT2D eigenvalue weighted by atomic mass is 10.1. The van der Waals surface area contributed by atoms with E-state index in [1.807, 2.05) is 19.1 Å². The quantitative estimate of drug-likeness (QED) is 0.502. The van der Waals surface area contributed by atoms with Gasteiger partial charge in [0.2, 0.25) is 11.9 Å². The monoisotopic (exact) mass is 431 g/mol. The second-order valence-corrected chi connectivity index (χ2v) is 6.63. The fraction of sp³-hybridized carbons (Fsp3) is 0.158. The van der Waals surface area contributed by atoms with Gasteiger partial charge in [-0.05, 0) is 48.9 Å². The summed E-state index contributed by atoms with van der Waals surface area (Å²) in [6.45, 7) is 1.73. The van der Waals surface area contributed by atoms with E-state index in [1.165, 1.54) is 16.8 Å². The summed E-state index contributed by atoms with van der Waals surface area (Å²) >= 11 is 0. The Balaban J connectivity index is 1.44. The van der Waals surface area contributed by atoms with Crippen molar-refractivity contribution in [2.75, 3.05) is 11.1 Å². The first-order chi connectivity index (χ1) is 14.7. The second kappa shape index (κ2) is 7.63. The lowest BCUT2D eigenvalue weighted by Gasteiger charge is -2.10. The molecule has 0 bridgehead atoms. The van der Waals surface area contributed by atoms with Crippen LogP contribution in [0.4, 0.5) is 24.8 Å². The number of amides is 1. The molecule has 12 heteroatoms. The third-order valence-electron chi connectivity index (χ3n) is 4.29. The number of rotatable bonds is 5. The maximum absolute atomic E-state index is 12.3. The molecule has 0 spiro atoms. The van der Waals surface area contributed by atoms with E-state index in [1.54, 1.807) is 16.9 Å². The van der Waals surface area contributed by atoms with Crippen molar-refractivity contribution in [1.29, 1.82) is 0 Å². The molecule has 9 nitrogen and oxygen atoms in total. The Morgan fingerprint density at radius 3 is 2.65 bits per heavy atom. The average molecular weight is 431 g/mol. The van der Waals surface area contributed by atoms with Gasteiger partial charge in [0.1, 0.15) is 12.3 Å². The molecule has 160 valence electrons. The van der Waals surface area contributed by atoms with Crippen molar-refractivity contribution in [3.05, 3.63) is 54.5 Å². The Morgan fingerprint density at radius 1 is 1.19 bits per heavy atom. The van der Waals surface area contributed by atoms with Crippen LogP contribution in [0.1, 0.15) is 5.69 Å². The number of hydrogen-bond donors (Lipinski definition) is 2. The van der Waals surface area contributed by atoms with Crippen molar-refractivity contribution in [3.63, 3.8) is 0 Å². The molecule has 1 aromatic carbocycles. The van der Waals surface area contributed by atoms with Gasteiger partial charge in [-0.15, -0.1) is 18.3 Å². The van der Waals surface area contributed by atoms with Crippen LogP contribution in [0.3, 0.4) is 0 Å². The van der Waals surface area contributed by atoms with E-state index < -0.39 is 6.36 Å². The van der Waals surface area contributed by atoms with Gasteiger partial charge in [-0.25, -0.2) is 4.52 Å². The van der Waals surface area contributed by atoms with Gasteiger partial charge < -0.3 is 15.8 Å². The summed E-state index contributed by atoms with van der Waals surface area (Å²) in [7, 11) is 0. The Labute approximate surface area is 173 Å². The summed E-state index contributed by atoms with van der Waals surface area (Å²) in [5.41, 5.74) is 8.87. The molecule has 3 aromatic heterocycles. The SMILES string of the molecule is Cc1nn(CC(=O)Nc2ccc(OC(F)(F)F)cc2)cc1-c1ccn2nc(N)nc2c1. The Morgan fingerprint density at radius 2 is 1.94 bits per heavy atom. The molecule has 0 aliphatic heterocycles. The van der Waals surface area contributed by atoms with Crippen molar-refractivity contribution >= 4 is 23.2 Å². The zero-order chi connectivity index (χ0) is 22.2. The smallest absolute Gasteiger partial charge is 0.406 e. The molecule has 0 unspecified atom stereocenters. The molecule has 0 aliphatic rings. The highest BCUT2D eigenvalue weighted by Crippen LogP contribution is 2.25. The van der Waals surface area contributed by atoms with Crippen molar-refractivity contribution in [2.24, 2.45) is 0 Å². The van der Waals surface area contributed by atoms with Crippen LogP contribution in [0, 0.1) is 6.92 Å². The normalized spacial score (nSPS) is 11.6. The molecule has 0 radical (unpaired) electrons. The third kappa shape index (κ3) is 4.74. The summed E-state index contributed by atoms with van der Waals surface area (Å²) in [4.78, 5) is 16.4. The highest BCUT2D eigenvalue weighted by Gasteiger charge is 2.30. The number of nitrogens with zero attached hydrogens (tertiary/aromatic N) is 5. The van der Waals surface area contributed by atoms with E-state index in [2.05, 4.69) is 25.2 Å². The van der Waals surface area contributed by atoms with E-state index in [0.29, 0.717) is 17.0 Å². The van der Waals surface area contributed by atoms with Crippen molar-refractivity contribution in [1.82, 2.24) is 24.4 Å². The van der Waals surface area contributed by atoms with Crippen molar-refractivity contribution < 1.29 is 22.7 Å². The minimum Gasteiger partial charge on any atom is -0.406 e. The number of aromatic nitrogens is 5. The van der Waals surface area contributed by atoms with Crippen LogP contribution >= 0.6 is 0 Å². The first kappa shape index (κ1) is 20.2. The Hall–Kier alpha value is -4.09. The molecule has 0 saturated heterocycles. The van der Waals surface area contributed by atoms with Crippen LogP contribution in [-0.2, 0) is 11.3 Å². The minimum atomic E-state index is -4.77. The van der Waals surface area contributed by atoms with Gasteiger partial charge in [-0.1, -0.05) is 0 Å². The van der Waals surface area contributed by atoms with Gasteiger partial charge in [-0.2, -0.15) is 10.1 Å². The molecule has 3 heterocycles. The van der Waals surface area contributed by atoms with E-state index in [-0.39, 0.29) is 24.1 Å². The predicted octanol–water partition coefficient (Wildman–Crippen LogP) is 3.02. The first-order valence-electron chi connectivity index (χ1n) is 8.98. The number of alkyl halides is 3.